The number of hydrogen-bond donors (Lipinski definition) is 0. The molecule has 2 rings (SSSR count). The van der Waals surface area contributed by atoms with Crippen LogP contribution in [0.25, 0.3) is 0 Å². The molecule has 130 valence electrons. The quantitative estimate of drug-likeness (QED) is 0.542. The Hall–Kier alpha value is 0.137. The van der Waals surface area contributed by atoms with E-state index in [9.17, 15) is 0 Å². The zero-order chi connectivity index (χ0) is 16.2. The van der Waals surface area contributed by atoms with Gasteiger partial charge in [-0.25, -0.2) is 0 Å². The molecule has 2 nitrogen and oxygen atoms in total. The molecule has 0 spiro atoms. The Morgan fingerprint density at radius 1 is 0.909 bits per heavy atom. The van der Waals surface area contributed by atoms with Gasteiger partial charge in [-0.3, -0.25) is 0 Å². The van der Waals surface area contributed by atoms with Gasteiger partial charge in [0.05, 0.1) is 0 Å². The molecular weight excluding hydrogens is 288 g/mol. The highest BCUT2D eigenvalue weighted by Crippen LogP contribution is 2.52. The van der Waals surface area contributed by atoms with Crippen molar-refractivity contribution in [2.45, 2.75) is 90.6 Å². The lowest BCUT2D eigenvalue weighted by Crippen LogP contribution is -2.53. The Morgan fingerprint density at radius 2 is 1.50 bits per heavy atom. The minimum absolute atomic E-state index is 0.604. The van der Waals surface area contributed by atoms with Crippen LogP contribution in [-0.4, -0.2) is 21.8 Å². The molecule has 0 aliphatic heterocycles. The normalized spacial score (nSPS) is 33.3. The topological polar surface area (TPSA) is 18.5 Å². The van der Waals surface area contributed by atoms with Crippen molar-refractivity contribution >= 4 is 8.56 Å². The Bertz CT molecular complexity index is 317. The number of hydrogen-bond acceptors (Lipinski definition) is 2. The maximum Gasteiger partial charge on any atom is 0.344 e. The molecule has 2 aliphatic carbocycles. The van der Waals surface area contributed by atoms with Gasteiger partial charge >= 0.3 is 8.56 Å². The van der Waals surface area contributed by atoms with Crippen LogP contribution >= 0.6 is 0 Å². The summed E-state index contributed by atoms with van der Waals surface area (Å²) in [7, 11) is -2.11. The van der Waals surface area contributed by atoms with Crippen LogP contribution in [-0.2, 0) is 8.85 Å². The largest absolute Gasteiger partial charge is 0.394 e. The third kappa shape index (κ3) is 4.36. The van der Waals surface area contributed by atoms with Gasteiger partial charge < -0.3 is 8.85 Å². The second-order valence-corrected chi connectivity index (χ2v) is 12.1. The fraction of sp³-hybridized carbons (Fsp3) is 1.00. The smallest absolute Gasteiger partial charge is 0.344 e. The van der Waals surface area contributed by atoms with Crippen molar-refractivity contribution in [2.75, 3.05) is 13.2 Å². The predicted octanol–water partition coefficient (Wildman–Crippen LogP) is 5.91. The molecule has 2 aliphatic rings. The maximum atomic E-state index is 6.77. The average Bonchev–Trinajstić information content (AvgIpc) is 2.96. The van der Waals surface area contributed by atoms with Crippen molar-refractivity contribution in [1.82, 2.24) is 0 Å². The van der Waals surface area contributed by atoms with Crippen molar-refractivity contribution in [1.29, 1.82) is 0 Å². The van der Waals surface area contributed by atoms with E-state index in [0.717, 1.165) is 30.6 Å². The molecule has 0 aromatic rings. The maximum absolute atomic E-state index is 6.77. The second kappa shape index (κ2) is 8.30. The summed E-state index contributed by atoms with van der Waals surface area (Å²) in [5.41, 5.74) is 1.46. The Kier molecular flexibility index (Phi) is 6.97. The minimum Gasteiger partial charge on any atom is -0.394 e. The van der Waals surface area contributed by atoms with Crippen LogP contribution in [0.3, 0.4) is 0 Å². The van der Waals surface area contributed by atoms with Gasteiger partial charge in [-0.05, 0) is 56.8 Å². The van der Waals surface area contributed by atoms with E-state index < -0.39 is 8.56 Å². The predicted molar refractivity (Wildman–Crippen MR) is 96.3 cm³/mol. The number of rotatable bonds is 7. The molecule has 0 aromatic carbocycles. The Morgan fingerprint density at radius 3 is 2.00 bits per heavy atom. The molecule has 3 unspecified atom stereocenters. The van der Waals surface area contributed by atoms with E-state index in [1.54, 1.807) is 0 Å². The lowest BCUT2D eigenvalue weighted by Gasteiger charge is -2.46. The molecule has 0 heterocycles. The van der Waals surface area contributed by atoms with Crippen LogP contribution in [0.15, 0.2) is 0 Å². The molecule has 3 heteroatoms. The van der Waals surface area contributed by atoms with E-state index in [1.165, 1.54) is 44.9 Å². The summed E-state index contributed by atoms with van der Waals surface area (Å²) in [4.78, 5) is 0. The van der Waals surface area contributed by atoms with Gasteiger partial charge in [0.15, 0.2) is 0 Å². The van der Waals surface area contributed by atoms with Crippen molar-refractivity contribution < 1.29 is 8.85 Å². The second-order valence-electron chi connectivity index (χ2n) is 8.46. The minimum atomic E-state index is -2.11. The van der Waals surface area contributed by atoms with Gasteiger partial charge in [-0.1, -0.05) is 40.5 Å². The fourth-order valence-electron chi connectivity index (χ4n) is 4.97. The van der Waals surface area contributed by atoms with Crippen LogP contribution in [0.4, 0.5) is 0 Å². The highest BCUT2D eigenvalue weighted by molar-refractivity contribution is 6.70. The van der Waals surface area contributed by atoms with Crippen LogP contribution in [0.1, 0.15) is 79.6 Å². The summed E-state index contributed by atoms with van der Waals surface area (Å²) in [6.07, 6.45) is 9.54. The summed E-state index contributed by atoms with van der Waals surface area (Å²) in [6, 6.07) is 0. The first-order valence-electron chi connectivity index (χ1n) is 9.75. The molecule has 2 fully saturated rings. The van der Waals surface area contributed by atoms with Crippen LogP contribution in [0.5, 0.6) is 0 Å². The zero-order valence-corrected chi connectivity index (χ0v) is 16.6. The van der Waals surface area contributed by atoms with Crippen molar-refractivity contribution in [3.05, 3.63) is 0 Å². The van der Waals surface area contributed by atoms with E-state index in [0.29, 0.717) is 11.5 Å². The molecule has 22 heavy (non-hydrogen) atoms. The molecular formula is C19H38O2Si. The first-order chi connectivity index (χ1) is 10.5. The van der Waals surface area contributed by atoms with Gasteiger partial charge in [0, 0.05) is 24.3 Å². The summed E-state index contributed by atoms with van der Waals surface area (Å²) in [5, 5.41) is 0. The summed E-state index contributed by atoms with van der Waals surface area (Å²) < 4.78 is 13.4. The van der Waals surface area contributed by atoms with Gasteiger partial charge in [0.25, 0.3) is 0 Å². The summed E-state index contributed by atoms with van der Waals surface area (Å²) in [6.45, 7) is 13.3. The molecule has 0 N–H and O–H groups in total. The van der Waals surface area contributed by atoms with Gasteiger partial charge in [0.1, 0.15) is 0 Å². The van der Waals surface area contributed by atoms with Gasteiger partial charge in [-0.15, -0.1) is 0 Å². The van der Waals surface area contributed by atoms with E-state index in [2.05, 4.69) is 34.6 Å². The standard InChI is InChI=1S/C19H38O2Si/c1-6-20-22(21-14-15(2)3,18-9-7-8-10-18)19-12-16(4)11-17(5)13-19/h15-19H,6-14H2,1-5H3. The van der Waals surface area contributed by atoms with Gasteiger partial charge in [0.2, 0.25) is 0 Å². The molecule has 0 saturated heterocycles. The lowest BCUT2D eigenvalue weighted by atomic mass is 9.83. The van der Waals surface area contributed by atoms with Crippen LogP contribution in [0.2, 0.25) is 11.1 Å². The monoisotopic (exact) mass is 326 g/mol. The van der Waals surface area contributed by atoms with Crippen molar-refractivity contribution in [3.8, 4) is 0 Å². The highest BCUT2D eigenvalue weighted by Gasteiger charge is 2.54. The molecule has 0 radical (unpaired) electrons. The van der Waals surface area contributed by atoms with Crippen molar-refractivity contribution in [2.24, 2.45) is 17.8 Å². The molecule has 0 bridgehead atoms. The average molecular weight is 327 g/mol. The Balaban J connectivity index is 2.23. The first-order valence-corrected chi connectivity index (χ1v) is 11.7. The SMILES string of the molecule is CCO[Si](OCC(C)C)(C1CCCC1)C1CC(C)CC(C)C1. The molecule has 0 aromatic heterocycles. The third-order valence-corrected chi connectivity index (χ3v) is 10.4. The van der Waals surface area contributed by atoms with E-state index in [4.69, 9.17) is 8.85 Å². The summed E-state index contributed by atoms with van der Waals surface area (Å²) in [5.74, 6) is 2.28. The van der Waals surface area contributed by atoms with Crippen LogP contribution in [0, 0.1) is 17.8 Å². The molecule has 0 amide bonds. The summed E-state index contributed by atoms with van der Waals surface area (Å²) >= 11 is 0. The van der Waals surface area contributed by atoms with E-state index >= 15 is 0 Å². The van der Waals surface area contributed by atoms with Gasteiger partial charge in [-0.2, -0.15) is 0 Å². The van der Waals surface area contributed by atoms with E-state index in [1.807, 2.05) is 0 Å². The van der Waals surface area contributed by atoms with Crippen molar-refractivity contribution in [3.63, 3.8) is 0 Å². The van der Waals surface area contributed by atoms with Crippen LogP contribution < -0.4 is 0 Å². The Labute approximate surface area is 139 Å². The zero-order valence-electron chi connectivity index (χ0n) is 15.6. The highest BCUT2D eigenvalue weighted by atomic mass is 28.4. The van der Waals surface area contributed by atoms with E-state index in [-0.39, 0.29) is 0 Å². The third-order valence-electron chi connectivity index (χ3n) is 5.68. The molecule has 3 atom stereocenters. The first kappa shape index (κ1) is 18.5. The molecule has 2 saturated carbocycles. The lowest BCUT2D eigenvalue weighted by molar-refractivity contribution is 0.122. The fourth-order valence-corrected chi connectivity index (χ4v) is 10.4.